The third-order valence-corrected chi connectivity index (χ3v) is 6.07. The van der Waals surface area contributed by atoms with Crippen molar-refractivity contribution in [1.82, 2.24) is 9.47 Å². The van der Waals surface area contributed by atoms with E-state index in [0.717, 1.165) is 31.4 Å². The summed E-state index contributed by atoms with van der Waals surface area (Å²) in [6.07, 6.45) is 8.84. The second kappa shape index (κ2) is 8.26. The molecule has 4 heteroatoms. The minimum Gasteiger partial charge on any atom is -0.466 e. The molecule has 3 aromatic rings. The first-order chi connectivity index (χ1) is 14.1. The minimum absolute atomic E-state index is 0.323. The summed E-state index contributed by atoms with van der Waals surface area (Å²) in [5, 5.41) is 1.36. The van der Waals surface area contributed by atoms with Crippen LogP contribution in [-0.4, -0.2) is 36.1 Å². The molecule has 2 aromatic carbocycles. The summed E-state index contributed by atoms with van der Waals surface area (Å²) in [4.78, 5) is 13.8. The summed E-state index contributed by atoms with van der Waals surface area (Å²) in [5.74, 6) is -0.323. The lowest BCUT2D eigenvalue weighted by atomic mass is 10.0. The Bertz CT molecular complexity index is 1060. The third kappa shape index (κ3) is 3.99. The van der Waals surface area contributed by atoms with Gasteiger partial charge in [0, 0.05) is 42.8 Å². The molecule has 0 radical (unpaired) electrons. The molecule has 0 bridgehead atoms. The summed E-state index contributed by atoms with van der Waals surface area (Å²) in [6, 6.07) is 15.6. The molecule has 0 fully saturated rings. The van der Waals surface area contributed by atoms with E-state index >= 15 is 0 Å². The van der Waals surface area contributed by atoms with E-state index in [9.17, 15) is 4.79 Å². The Morgan fingerprint density at radius 1 is 1.28 bits per heavy atom. The highest BCUT2D eigenvalue weighted by atomic mass is 16.5. The number of likely N-dealkylation sites (N-methyl/N-ethyl adjacent to an activating group) is 1. The van der Waals surface area contributed by atoms with Crippen LogP contribution in [0.1, 0.15) is 34.7 Å². The third-order valence-electron chi connectivity index (χ3n) is 6.07. The molecule has 0 amide bonds. The fourth-order valence-electron chi connectivity index (χ4n) is 4.49. The minimum atomic E-state index is -0.323. The molecule has 29 heavy (non-hydrogen) atoms. The molecule has 1 aliphatic rings. The fraction of sp³-hybridized carbons (Fsp3) is 0.320. The molecule has 0 N–H and O–H groups in total. The van der Waals surface area contributed by atoms with Crippen LogP contribution in [0.2, 0.25) is 0 Å². The van der Waals surface area contributed by atoms with Gasteiger partial charge in [0.15, 0.2) is 0 Å². The lowest BCUT2D eigenvalue weighted by Crippen LogP contribution is -2.25. The quantitative estimate of drug-likeness (QED) is 0.460. The highest BCUT2D eigenvalue weighted by Crippen LogP contribution is 2.36. The Hall–Kier alpha value is -2.85. The van der Waals surface area contributed by atoms with Crippen molar-refractivity contribution in [3.63, 3.8) is 0 Å². The van der Waals surface area contributed by atoms with Gasteiger partial charge in [-0.1, -0.05) is 36.4 Å². The molecule has 1 unspecified atom stereocenters. The molecule has 4 nitrogen and oxygen atoms in total. The number of carbonyl (C=O) groups is 1. The van der Waals surface area contributed by atoms with E-state index in [-0.39, 0.29) is 5.97 Å². The Balaban J connectivity index is 1.45. The summed E-state index contributed by atoms with van der Waals surface area (Å²) >= 11 is 0. The first kappa shape index (κ1) is 19.5. The highest BCUT2D eigenvalue weighted by molar-refractivity contribution is 5.87. The zero-order chi connectivity index (χ0) is 20.4. The molecule has 1 atom stereocenters. The predicted molar refractivity (Wildman–Crippen MR) is 118 cm³/mol. The lowest BCUT2D eigenvalue weighted by molar-refractivity contribution is -0.134. The van der Waals surface area contributed by atoms with Crippen molar-refractivity contribution in [2.45, 2.75) is 25.3 Å². The van der Waals surface area contributed by atoms with Crippen molar-refractivity contribution < 1.29 is 9.53 Å². The van der Waals surface area contributed by atoms with Crippen molar-refractivity contribution >= 4 is 22.9 Å². The second-order valence-corrected chi connectivity index (χ2v) is 7.88. The molecule has 1 aliphatic carbocycles. The molecule has 1 heterocycles. The van der Waals surface area contributed by atoms with Crippen LogP contribution in [0.15, 0.2) is 54.7 Å². The topological polar surface area (TPSA) is 34.5 Å². The Labute approximate surface area is 172 Å². The number of hydrogen-bond acceptors (Lipinski definition) is 3. The van der Waals surface area contributed by atoms with E-state index in [1.165, 1.54) is 40.8 Å². The van der Waals surface area contributed by atoms with E-state index in [2.05, 4.69) is 77.0 Å². The number of methoxy groups -OCH3 is 1. The van der Waals surface area contributed by atoms with Crippen LogP contribution in [-0.2, 0) is 29.4 Å². The molecule has 0 saturated carbocycles. The van der Waals surface area contributed by atoms with Gasteiger partial charge >= 0.3 is 5.97 Å². The zero-order valence-corrected chi connectivity index (χ0v) is 17.4. The van der Waals surface area contributed by atoms with E-state index in [4.69, 9.17) is 0 Å². The van der Waals surface area contributed by atoms with Gasteiger partial charge in [-0.05, 0) is 60.7 Å². The molecular weight excluding hydrogens is 360 g/mol. The van der Waals surface area contributed by atoms with Crippen molar-refractivity contribution in [2.75, 3.05) is 20.7 Å². The number of nitrogens with zero attached hydrogens (tertiary/aromatic N) is 2. The Morgan fingerprint density at radius 3 is 2.93 bits per heavy atom. The fourth-order valence-corrected chi connectivity index (χ4v) is 4.49. The van der Waals surface area contributed by atoms with Crippen LogP contribution in [0.25, 0.3) is 17.0 Å². The normalized spacial score (nSPS) is 16.1. The van der Waals surface area contributed by atoms with Gasteiger partial charge in [0.25, 0.3) is 0 Å². The van der Waals surface area contributed by atoms with Crippen LogP contribution in [0.3, 0.4) is 0 Å². The van der Waals surface area contributed by atoms with Gasteiger partial charge in [-0.2, -0.15) is 0 Å². The van der Waals surface area contributed by atoms with E-state index in [0.29, 0.717) is 6.04 Å². The van der Waals surface area contributed by atoms with Gasteiger partial charge in [-0.25, -0.2) is 4.79 Å². The molecular formula is C25H28N2O2. The van der Waals surface area contributed by atoms with Crippen molar-refractivity contribution in [2.24, 2.45) is 7.05 Å². The molecule has 4 rings (SSSR count). The number of aryl methyl sites for hydroxylation is 2. The zero-order valence-electron chi connectivity index (χ0n) is 17.4. The average molecular weight is 389 g/mol. The van der Waals surface area contributed by atoms with Crippen LogP contribution in [0, 0.1) is 0 Å². The Kier molecular flexibility index (Phi) is 5.54. The van der Waals surface area contributed by atoms with Gasteiger partial charge < -0.3 is 9.30 Å². The van der Waals surface area contributed by atoms with Crippen molar-refractivity contribution in [1.29, 1.82) is 0 Å². The molecule has 0 saturated heterocycles. The molecule has 150 valence electrons. The van der Waals surface area contributed by atoms with E-state index in [1.54, 1.807) is 0 Å². The first-order valence-electron chi connectivity index (χ1n) is 10.2. The van der Waals surface area contributed by atoms with Crippen molar-refractivity contribution in [3.05, 3.63) is 77.0 Å². The number of esters is 1. The standard InChI is InChI=1S/C25H28N2O2/c1-26(15-14-20-17-27(2)23-7-5-4-6-21(20)23)24-12-10-19-16-18(8-11-22(19)24)9-13-25(28)29-3/h4-9,11,13,16-17,24H,10,12,14-15H2,1-3H3/b13-9+. The number of para-hydroxylation sites is 1. The maximum absolute atomic E-state index is 11.3. The van der Waals surface area contributed by atoms with E-state index in [1.807, 2.05) is 6.08 Å². The number of benzene rings is 2. The monoisotopic (exact) mass is 388 g/mol. The Morgan fingerprint density at radius 2 is 2.10 bits per heavy atom. The highest BCUT2D eigenvalue weighted by Gasteiger charge is 2.25. The van der Waals surface area contributed by atoms with Gasteiger partial charge in [0.1, 0.15) is 0 Å². The lowest BCUT2D eigenvalue weighted by Gasteiger charge is -2.25. The molecule has 0 spiro atoms. The summed E-state index contributed by atoms with van der Waals surface area (Å²) < 4.78 is 6.89. The smallest absolute Gasteiger partial charge is 0.330 e. The van der Waals surface area contributed by atoms with Crippen LogP contribution < -0.4 is 0 Å². The summed E-state index contributed by atoms with van der Waals surface area (Å²) in [5.41, 5.74) is 6.56. The largest absolute Gasteiger partial charge is 0.466 e. The van der Waals surface area contributed by atoms with Crippen LogP contribution >= 0.6 is 0 Å². The maximum atomic E-state index is 11.3. The van der Waals surface area contributed by atoms with Crippen LogP contribution in [0.4, 0.5) is 0 Å². The van der Waals surface area contributed by atoms with Crippen molar-refractivity contribution in [3.8, 4) is 0 Å². The number of ether oxygens (including phenoxy) is 1. The van der Waals surface area contributed by atoms with Crippen LogP contribution in [0.5, 0.6) is 0 Å². The number of carbonyl (C=O) groups excluding carboxylic acids is 1. The summed E-state index contributed by atoms with van der Waals surface area (Å²) in [6.45, 7) is 1.03. The number of hydrogen-bond donors (Lipinski definition) is 0. The predicted octanol–water partition coefficient (Wildman–Crippen LogP) is 4.53. The van der Waals surface area contributed by atoms with Gasteiger partial charge in [-0.3, -0.25) is 4.90 Å². The summed E-state index contributed by atoms with van der Waals surface area (Å²) in [7, 11) is 5.75. The molecule has 0 aliphatic heterocycles. The molecule has 1 aromatic heterocycles. The number of aromatic nitrogens is 1. The van der Waals surface area contributed by atoms with Gasteiger partial charge in [0.2, 0.25) is 0 Å². The first-order valence-corrected chi connectivity index (χ1v) is 10.2. The van der Waals surface area contributed by atoms with E-state index < -0.39 is 0 Å². The number of fused-ring (bicyclic) bond motifs is 2. The SMILES string of the molecule is COC(=O)/C=C/c1ccc2c(c1)CCC2N(C)CCc1cn(C)c2ccccc12. The van der Waals surface area contributed by atoms with Gasteiger partial charge in [0.05, 0.1) is 7.11 Å². The number of rotatable bonds is 6. The van der Waals surface area contributed by atoms with Gasteiger partial charge in [-0.15, -0.1) is 0 Å². The average Bonchev–Trinajstić information content (AvgIpc) is 3.31. The second-order valence-electron chi connectivity index (χ2n) is 7.88. The maximum Gasteiger partial charge on any atom is 0.330 e.